The van der Waals surface area contributed by atoms with Gasteiger partial charge in [0.2, 0.25) is 0 Å². The highest BCUT2D eigenvalue weighted by Gasteiger charge is 2.16. The Bertz CT molecular complexity index is 121. The minimum atomic E-state index is 0.563. The van der Waals surface area contributed by atoms with Crippen molar-refractivity contribution >= 4 is 0 Å². The van der Waals surface area contributed by atoms with Crippen LogP contribution in [0.2, 0.25) is 0 Å². The standard InChI is InChI=1S/C11H23NO/c1-3-5-10(12-2)7-8-11-6-4-9-13-11/h10-12H,3-9H2,1-2H3. The minimum Gasteiger partial charge on any atom is -0.378 e. The van der Waals surface area contributed by atoms with E-state index in [1.54, 1.807) is 0 Å². The minimum absolute atomic E-state index is 0.563. The van der Waals surface area contributed by atoms with E-state index in [-0.39, 0.29) is 0 Å². The molecule has 78 valence electrons. The molecule has 2 unspecified atom stereocenters. The maximum Gasteiger partial charge on any atom is 0.0576 e. The first-order chi connectivity index (χ1) is 6.36. The van der Waals surface area contributed by atoms with Gasteiger partial charge < -0.3 is 10.1 Å². The number of rotatable bonds is 6. The van der Waals surface area contributed by atoms with Crippen LogP contribution in [0.3, 0.4) is 0 Å². The van der Waals surface area contributed by atoms with Crippen molar-refractivity contribution in [3.63, 3.8) is 0 Å². The summed E-state index contributed by atoms with van der Waals surface area (Å²) < 4.78 is 5.60. The second-order valence-electron chi connectivity index (χ2n) is 3.99. The lowest BCUT2D eigenvalue weighted by Crippen LogP contribution is -2.26. The van der Waals surface area contributed by atoms with Gasteiger partial charge in [-0.3, -0.25) is 0 Å². The first kappa shape index (κ1) is 11.0. The summed E-state index contributed by atoms with van der Waals surface area (Å²) in [6.45, 7) is 3.24. The summed E-state index contributed by atoms with van der Waals surface area (Å²) >= 11 is 0. The van der Waals surface area contributed by atoms with Crippen molar-refractivity contribution in [1.29, 1.82) is 0 Å². The van der Waals surface area contributed by atoms with E-state index in [0.717, 1.165) is 6.61 Å². The SMILES string of the molecule is CCCC(CCC1CCCO1)NC. The van der Waals surface area contributed by atoms with Crippen LogP contribution >= 0.6 is 0 Å². The highest BCUT2D eigenvalue weighted by molar-refractivity contribution is 4.70. The van der Waals surface area contributed by atoms with Gasteiger partial charge in [0.25, 0.3) is 0 Å². The maximum absolute atomic E-state index is 5.60. The van der Waals surface area contributed by atoms with Gasteiger partial charge in [-0.2, -0.15) is 0 Å². The summed E-state index contributed by atoms with van der Waals surface area (Å²) in [5.41, 5.74) is 0. The lowest BCUT2D eigenvalue weighted by Gasteiger charge is -2.17. The van der Waals surface area contributed by atoms with Gasteiger partial charge >= 0.3 is 0 Å². The van der Waals surface area contributed by atoms with Crippen molar-refractivity contribution in [2.75, 3.05) is 13.7 Å². The molecule has 1 rings (SSSR count). The van der Waals surface area contributed by atoms with Gasteiger partial charge in [-0.1, -0.05) is 13.3 Å². The molecule has 0 aliphatic carbocycles. The Labute approximate surface area is 82.0 Å². The van der Waals surface area contributed by atoms with Crippen LogP contribution in [0, 0.1) is 0 Å². The number of hydrogen-bond donors (Lipinski definition) is 1. The van der Waals surface area contributed by atoms with Crippen LogP contribution in [0.15, 0.2) is 0 Å². The van der Waals surface area contributed by atoms with E-state index in [9.17, 15) is 0 Å². The molecule has 0 aromatic carbocycles. The highest BCUT2D eigenvalue weighted by atomic mass is 16.5. The molecule has 2 atom stereocenters. The molecule has 1 N–H and O–H groups in total. The third-order valence-corrected chi connectivity index (χ3v) is 2.91. The summed E-state index contributed by atoms with van der Waals surface area (Å²) in [4.78, 5) is 0. The molecule has 1 aliphatic heterocycles. The Morgan fingerprint density at radius 2 is 2.31 bits per heavy atom. The normalized spacial score (nSPS) is 24.9. The molecule has 1 heterocycles. The second-order valence-corrected chi connectivity index (χ2v) is 3.99. The zero-order chi connectivity index (χ0) is 9.52. The first-order valence-corrected chi connectivity index (χ1v) is 5.65. The summed E-state index contributed by atoms with van der Waals surface area (Å²) in [5.74, 6) is 0. The Balaban J connectivity index is 2.07. The van der Waals surface area contributed by atoms with E-state index in [0.29, 0.717) is 12.1 Å². The summed E-state index contributed by atoms with van der Waals surface area (Å²) in [6, 6.07) is 0.703. The third-order valence-electron chi connectivity index (χ3n) is 2.91. The molecule has 0 radical (unpaired) electrons. The molecule has 1 aliphatic rings. The van der Waals surface area contributed by atoms with Gasteiger partial charge in [-0.15, -0.1) is 0 Å². The molecular weight excluding hydrogens is 162 g/mol. The van der Waals surface area contributed by atoms with Gasteiger partial charge in [0.15, 0.2) is 0 Å². The van der Waals surface area contributed by atoms with Crippen molar-refractivity contribution in [3.05, 3.63) is 0 Å². The Kier molecular flexibility index (Phi) is 5.40. The van der Waals surface area contributed by atoms with Crippen molar-refractivity contribution in [2.45, 2.75) is 57.6 Å². The number of hydrogen-bond acceptors (Lipinski definition) is 2. The van der Waals surface area contributed by atoms with Crippen LogP contribution in [-0.2, 0) is 4.74 Å². The first-order valence-electron chi connectivity index (χ1n) is 5.65. The molecule has 0 saturated carbocycles. The largest absolute Gasteiger partial charge is 0.378 e. The highest BCUT2D eigenvalue weighted by Crippen LogP contribution is 2.18. The van der Waals surface area contributed by atoms with Crippen LogP contribution in [0.25, 0.3) is 0 Å². The third kappa shape index (κ3) is 4.10. The van der Waals surface area contributed by atoms with Crippen LogP contribution < -0.4 is 5.32 Å². The van der Waals surface area contributed by atoms with E-state index in [4.69, 9.17) is 4.74 Å². The van der Waals surface area contributed by atoms with Crippen LogP contribution in [-0.4, -0.2) is 25.8 Å². The summed E-state index contributed by atoms with van der Waals surface area (Å²) in [5, 5.41) is 3.37. The van der Waals surface area contributed by atoms with E-state index in [2.05, 4.69) is 19.3 Å². The molecule has 0 aromatic rings. The van der Waals surface area contributed by atoms with Gasteiger partial charge in [-0.25, -0.2) is 0 Å². The lowest BCUT2D eigenvalue weighted by molar-refractivity contribution is 0.0995. The fraction of sp³-hybridized carbons (Fsp3) is 1.00. The zero-order valence-corrected chi connectivity index (χ0v) is 9.01. The molecule has 0 spiro atoms. The molecule has 0 bridgehead atoms. The lowest BCUT2D eigenvalue weighted by atomic mass is 10.0. The molecule has 1 saturated heterocycles. The van der Waals surface area contributed by atoms with Crippen LogP contribution in [0.5, 0.6) is 0 Å². The molecule has 0 aromatic heterocycles. The molecule has 0 amide bonds. The molecule has 2 heteroatoms. The van der Waals surface area contributed by atoms with Gasteiger partial charge in [0.1, 0.15) is 0 Å². The van der Waals surface area contributed by atoms with Crippen molar-refractivity contribution < 1.29 is 4.74 Å². The van der Waals surface area contributed by atoms with E-state index >= 15 is 0 Å². The smallest absolute Gasteiger partial charge is 0.0576 e. The number of ether oxygens (including phenoxy) is 1. The Morgan fingerprint density at radius 1 is 1.46 bits per heavy atom. The fourth-order valence-corrected chi connectivity index (χ4v) is 2.04. The predicted octanol–water partition coefficient (Wildman–Crippen LogP) is 2.33. The zero-order valence-electron chi connectivity index (χ0n) is 9.01. The van der Waals surface area contributed by atoms with E-state index < -0.39 is 0 Å². The topological polar surface area (TPSA) is 21.3 Å². The van der Waals surface area contributed by atoms with E-state index in [1.807, 2.05) is 0 Å². The maximum atomic E-state index is 5.60. The Morgan fingerprint density at radius 3 is 2.85 bits per heavy atom. The van der Waals surface area contributed by atoms with Gasteiger partial charge in [0.05, 0.1) is 6.10 Å². The van der Waals surface area contributed by atoms with Crippen molar-refractivity contribution in [1.82, 2.24) is 5.32 Å². The van der Waals surface area contributed by atoms with Gasteiger partial charge in [0, 0.05) is 12.6 Å². The second kappa shape index (κ2) is 6.39. The molecule has 1 fully saturated rings. The molecule has 13 heavy (non-hydrogen) atoms. The Hall–Kier alpha value is -0.0800. The molecule has 2 nitrogen and oxygen atoms in total. The quantitative estimate of drug-likeness (QED) is 0.686. The average Bonchev–Trinajstić information content (AvgIpc) is 2.64. The molecular formula is C11H23NO. The average molecular weight is 185 g/mol. The van der Waals surface area contributed by atoms with Crippen LogP contribution in [0.1, 0.15) is 45.4 Å². The van der Waals surface area contributed by atoms with Crippen molar-refractivity contribution in [3.8, 4) is 0 Å². The van der Waals surface area contributed by atoms with Crippen molar-refractivity contribution in [2.24, 2.45) is 0 Å². The predicted molar refractivity (Wildman–Crippen MR) is 56.0 cm³/mol. The monoisotopic (exact) mass is 185 g/mol. The number of nitrogens with one attached hydrogen (secondary N) is 1. The fourth-order valence-electron chi connectivity index (χ4n) is 2.04. The van der Waals surface area contributed by atoms with Crippen LogP contribution in [0.4, 0.5) is 0 Å². The summed E-state index contributed by atoms with van der Waals surface area (Å²) in [6.07, 6.45) is 8.19. The van der Waals surface area contributed by atoms with E-state index in [1.165, 1.54) is 38.5 Å². The summed E-state index contributed by atoms with van der Waals surface area (Å²) in [7, 11) is 2.07. The van der Waals surface area contributed by atoms with Gasteiger partial charge in [-0.05, 0) is 39.2 Å².